The van der Waals surface area contributed by atoms with Gasteiger partial charge in [-0.15, -0.1) is 0 Å². The topological polar surface area (TPSA) is 43.7 Å². The van der Waals surface area contributed by atoms with Gasteiger partial charge < -0.3 is 15.1 Å². The average molecular weight is 267 g/mol. The zero-order chi connectivity index (χ0) is 13.7. The highest BCUT2D eigenvalue weighted by Gasteiger charge is 2.22. The molecule has 0 aromatic heterocycles. The summed E-state index contributed by atoms with van der Waals surface area (Å²) in [5.74, 6) is 0.315. The third-order valence-electron chi connectivity index (χ3n) is 3.88. The van der Waals surface area contributed by atoms with E-state index in [1.165, 1.54) is 12.1 Å². The number of halogens is 1. The molecule has 0 aliphatic carbocycles. The number of rotatable bonds is 6. The lowest BCUT2D eigenvalue weighted by molar-refractivity contribution is 0.147. The Morgan fingerprint density at radius 2 is 2.05 bits per heavy atom. The number of hydrogen-bond donors (Lipinski definition) is 2. The fourth-order valence-corrected chi connectivity index (χ4v) is 2.69. The first-order valence-corrected chi connectivity index (χ1v) is 6.96. The molecular weight excluding hydrogens is 245 g/mol. The van der Waals surface area contributed by atoms with Crippen LogP contribution in [0.3, 0.4) is 0 Å². The third-order valence-corrected chi connectivity index (χ3v) is 3.88. The van der Waals surface area contributed by atoms with E-state index >= 15 is 0 Å². The SMILES string of the molecule is OCCC1CCN(CCC(O)c2ccc(F)cc2)C1. The maximum atomic E-state index is 12.8. The van der Waals surface area contributed by atoms with Gasteiger partial charge in [-0.05, 0) is 49.4 Å². The molecule has 0 radical (unpaired) electrons. The van der Waals surface area contributed by atoms with Gasteiger partial charge in [0.15, 0.2) is 0 Å². The van der Waals surface area contributed by atoms with Gasteiger partial charge in [0.05, 0.1) is 6.10 Å². The number of aliphatic hydroxyl groups is 2. The molecule has 1 aliphatic heterocycles. The lowest BCUT2D eigenvalue weighted by Crippen LogP contribution is -2.23. The molecule has 2 unspecified atom stereocenters. The second-order valence-corrected chi connectivity index (χ2v) is 5.32. The molecule has 106 valence electrons. The van der Waals surface area contributed by atoms with E-state index in [0.717, 1.165) is 38.0 Å². The van der Waals surface area contributed by atoms with Crippen LogP contribution < -0.4 is 0 Å². The van der Waals surface area contributed by atoms with Gasteiger partial charge in [0.25, 0.3) is 0 Å². The Kier molecular flexibility index (Phi) is 5.31. The summed E-state index contributed by atoms with van der Waals surface area (Å²) in [4.78, 5) is 2.33. The number of likely N-dealkylation sites (tertiary alicyclic amines) is 1. The molecular formula is C15H22FNO2. The van der Waals surface area contributed by atoms with Crippen LogP contribution in [0.2, 0.25) is 0 Å². The predicted molar refractivity (Wildman–Crippen MR) is 72.2 cm³/mol. The molecule has 2 N–H and O–H groups in total. The normalized spacial score (nSPS) is 21.7. The van der Waals surface area contributed by atoms with Crippen LogP contribution in [0, 0.1) is 11.7 Å². The van der Waals surface area contributed by atoms with Gasteiger partial charge in [-0.1, -0.05) is 12.1 Å². The van der Waals surface area contributed by atoms with Gasteiger partial charge in [0.1, 0.15) is 5.82 Å². The number of nitrogens with zero attached hydrogens (tertiary/aromatic N) is 1. The summed E-state index contributed by atoms with van der Waals surface area (Å²) in [6.45, 7) is 3.16. The maximum absolute atomic E-state index is 12.8. The molecule has 4 heteroatoms. The highest BCUT2D eigenvalue weighted by Crippen LogP contribution is 2.22. The molecule has 1 fully saturated rings. The minimum atomic E-state index is -0.530. The van der Waals surface area contributed by atoms with Crippen molar-refractivity contribution in [1.29, 1.82) is 0 Å². The molecule has 2 atom stereocenters. The molecule has 3 nitrogen and oxygen atoms in total. The van der Waals surface area contributed by atoms with Gasteiger partial charge in [-0.2, -0.15) is 0 Å². The number of benzene rings is 1. The quantitative estimate of drug-likeness (QED) is 0.828. The molecule has 0 saturated carbocycles. The zero-order valence-corrected chi connectivity index (χ0v) is 11.1. The van der Waals surface area contributed by atoms with E-state index < -0.39 is 6.10 Å². The molecule has 1 aromatic rings. The molecule has 1 heterocycles. The van der Waals surface area contributed by atoms with Crippen molar-refractivity contribution in [3.05, 3.63) is 35.6 Å². The van der Waals surface area contributed by atoms with Crippen molar-refractivity contribution < 1.29 is 14.6 Å². The van der Waals surface area contributed by atoms with Crippen LogP contribution in [0.5, 0.6) is 0 Å². The fourth-order valence-electron chi connectivity index (χ4n) is 2.69. The Labute approximate surface area is 113 Å². The Hall–Kier alpha value is -0.970. The fraction of sp³-hybridized carbons (Fsp3) is 0.600. The third kappa shape index (κ3) is 4.27. The van der Waals surface area contributed by atoms with Crippen LogP contribution >= 0.6 is 0 Å². The van der Waals surface area contributed by atoms with E-state index in [2.05, 4.69) is 4.90 Å². The van der Waals surface area contributed by atoms with E-state index in [1.54, 1.807) is 12.1 Å². The summed E-state index contributed by atoms with van der Waals surface area (Å²) < 4.78 is 12.8. The van der Waals surface area contributed by atoms with E-state index in [-0.39, 0.29) is 12.4 Å². The maximum Gasteiger partial charge on any atom is 0.123 e. The van der Waals surface area contributed by atoms with Crippen LogP contribution in [-0.2, 0) is 0 Å². The van der Waals surface area contributed by atoms with Crippen molar-refractivity contribution in [1.82, 2.24) is 4.90 Å². The van der Waals surface area contributed by atoms with Crippen LogP contribution in [0.4, 0.5) is 4.39 Å². The zero-order valence-electron chi connectivity index (χ0n) is 11.1. The van der Waals surface area contributed by atoms with Crippen LogP contribution in [0.25, 0.3) is 0 Å². The summed E-state index contributed by atoms with van der Waals surface area (Å²) in [5, 5.41) is 19.0. The minimum Gasteiger partial charge on any atom is -0.396 e. The summed E-state index contributed by atoms with van der Waals surface area (Å²) >= 11 is 0. The van der Waals surface area contributed by atoms with Gasteiger partial charge in [-0.25, -0.2) is 4.39 Å². The molecule has 2 rings (SSSR count). The smallest absolute Gasteiger partial charge is 0.123 e. The van der Waals surface area contributed by atoms with E-state index in [0.29, 0.717) is 12.3 Å². The first-order valence-electron chi connectivity index (χ1n) is 6.96. The Morgan fingerprint density at radius 3 is 2.74 bits per heavy atom. The van der Waals surface area contributed by atoms with Gasteiger partial charge in [0.2, 0.25) is 0 Å². The van der Waals surface area contributed by atoms with Crippen molar-refractivity contribution in [2.75, 3.05) is 26.2 Å². The average Bonchev–Trinajstić information content (AvgIpc) is 2.85. The summed E-state index contributed by atoms with van der Waals surface area (Å²) in [5.41, 5.74) is 0.771. The van der Waals surface area contributed by atoms with Crippen molar-refractivity contribution in [2.24, 2.45) is 5.92 Å². The lowest BCUT2D eigenvalue weighted by atomic mass is 10.1. The molecule has 0 spiro atoms. The van der Waals surface area contributed by atoms with E-state index in [1.807, 2.05) is 0 Å². The second kappa shape index (κ2) is 6.98. The van der Waals surface area contributed by atoms with E-state index in [9.17, 15) is 9.50 Å². The second-order valence-electron chi connectivity index (χ2n) is 5.32. The van der Waals surface area contributed by atoms with Crippen molar-refractivity contribution in [3.8, 4) is 0 Å². The standard InChI is InChI=1S/C15H22FNO2/c16-14-3-1-13(2-4-14)15(19)6-9-17-8-5-12(11-17)7-10-18/h1-4,12,15,18-19H,5-11H2. The first kappa shape index (κ1) is 14.4. The summed E-state index contributed by atoms with van der Waals surface area (Å²) in [6, 6.07) is 6.04. The van der Waals surface area contributed by atoms with Crippen molar-refractivity contribution >= 4 is 0 Å². The van der Waals surface area contributed by atoms with E-state index in [4.69, 9.17) is 5.11 Å². The highest BCUT2D eigenvalue weighted by atomic mass is 19.1. The largest absolute Gasteiger partial charge is 0.396 e. The Bertz CT molecular complexity index is 382. The minimum absolute atomic E-state index is 0.261. The molecule has 0 amide bonds. The van der Waals surface area contributed by atoms with Crippen molar-refractivity contribution in [3.63, 3.8) is 0 Å². The van der Waals surface area contributed by atoms with Crippen LogP contribution in [0.15, 0.2) is 24.3 Å². The predicted octanol–water partition coefficient (Wildman–Crippen LogP) is 1.95. The summed E-state index contributed by atoms with van der Waals surface area (Å²) in [6.07, 6.45) is 2.14. The molecule has 19 heavy (non-hydrogen) atoms. The Balaban J connectivity index is 1.75. The van der Waals surface area contributed by atoms with Gasteiger partial charge in [-0.3, -0.25) is 0 Å². The lowest BCUT2D eigenvalue weighted by Gasteiger charge is -2.18. The van der Waals surface area contributed by atoms with Gasteiger partial charge in [0, 0.05) is 19.7 Å². The van der Waals surface area contributed by atoms with Crippen LogP contribution in [-0.4, -0.2) is 41.4 Å². The van der Waals surface area contributed by atoms with Crippen molar-refractivity contribution in [2.45, 2.75) is 25.4 Å². The number of hydrogen-bond acceptors (Lipinski definition) is 3. The molecule has 1 aliphatic rings. The highest BCUT2D eigenvalue weighted by molar-refractivity contribution is 5.18. The summed E-state index contributed by atoms with van der Waals surface area (Å²) in [7, 11) is 0. The molecule has 1 saturated heterocycles. The van der Waals surface area contributed by atoms with Crippen LogP contribution in [0.1, 0.15) is 30.9 Å². The van der Waals surface area contributed by atoms with Gasteiger partial charge >= 0.3 is 0 Å². The molecule has 1 aromatic carbocycles. The number of aliphatic hydroxyl groups excluding tert-OH is 2. The Morgan fingerprint density at radius 1 is 1.32 bits per heavy atom. The first-order chi connectivity index (χ1) is 9.19. The monoisotopic (exact) mass is 267 g/mol. The molecule has 0 bridgehead atoms.